The highest BCUT2D eigenvalue weighted by Crippen LogP contribution is 2.59. The molecule has 1 aliphatic carbocycles. The second-order valence-corrected chi connectivity index (χ2v) is 6.03. The van der Waals surface area contributed by atoms with Crippen LogP contribution < -0.4 is 10.1 Å². The Hall–Kier alpha value is -2.77. The highest BCUT2D eigenvalue weighted by Gasteiger charge is 2.72. The molecule has 4 rings (SSSR count). The minimum Gasteiger partial charge on any atom is -0.455 e. The predicted molar refractivity (Wildman–Crippen MR) is 83.9 cm³/mol. The van der Waals surface area contributed by atoms with Crippen molar-refractivity contribution < 1.29 is 19.6 Å². The Bertz CT molecular complexity index is 925. The fourth-order valence-corrected chi connectivity index (χ4v) is 3.81. The number of carbonyl (C=O) groups is 1. The van der Waals surface area contributed by atoms with Crippen LogP contribution in [0.3, 0.4) is 0 Å². The highest BCUT2D eigenvalue weighted by atomic mass is 16.6. The van der Waals surface area contributed by atoms with Gasteiger partial charge in [-0.25, -0.2) is 0 Å². The van der Waals surface area contributed by atoms with Crippen molar-refractivity contribution in [3.63, 3.8) is 0 Å². The average Bonchev–Trinajstić information content (AvgIpc) is 2.91. The number of ketones is 1. The molecule has 0 saturated heterocycles. The second-order valence-electron chi connectivity index (χ2n) is 6.03. The molecular weight excluding hydrogens is 312 g/mol. The molecule has 2 N–H and O–H groups in total. The van der Waals surface area contributed by atoms with Gasteiger partial charge < -0.3 is 9.84 Å². The molecule has 7 nitrogen and oxygen atoms in total. The molecule has 0 spiro atoms. The van der Waals surface area contributed by atoms with Crippen molar-refractivity contribution in [3.05, 3.63) is 68.8 Å². The lowest BCUT2D eigenvalue weighted by molar-refractivity contribution is -0.388. The summed E-state index contributed by atoms with van der Waals surface area (Å²) in [5, 5.41) is 25.6. The molecule has 2 aliphatic rings. The summed E-state index contributed by atoms with van der Waals surface area (Å²) in [6.45, 7) is 1.85. The number of nitro groups is 1. The number of nitro benzene ring substituents is 1. The van der Waals surface area contributed by atoms with Gasteiger partial charge in [-0.15, -0.1) is 0 Å². The molecule has 0 radical (unpaired) electrons. The predicted octanol–water partition coefficient (Wildman–Crippen LogP) is 1.75. The van der Waals surface area contributed by atoms with Gasteiger partial charge in [0.25, 0.3) is 11.5 Å². The van der Waals surface area contributed by atoms with E-state index in [1.807, 2.05) is 6.92 Å². The molecule has 0 saturated carbocycles. The summed E-state index contributed by atoms with van der Waals surface area (Å²) in [5.41, 5.74) is -0.613. The van der Waals surface area contributed by atoms with Gasteiger partial charge in [0.2, 0.25) is 0 Å². The number of aryl methyl sites for hydroxylation is 1. The Morgan fingerprint density at radius 2 is 2.04 bits per heavy atom. The van der Waals surface area contributed by atoms with Gasteiger partial charge in [-0.05, 0) is 25.6 Å². The smallest absolute Gasteiger partial charge is 0.280 e. The first kappa shape index (κ1) is 14.8. The molecule has 0 amide bonds. The first-order chi connectivity index (χ1) is 11.4. The Labute approximate surface area is 137 Å². The molecule has 1 heterocycles. The van der Waals surface area contributed by atoms with Gasteiger partial charge in [0.05, 0.1) is 4.92 Å². The molecule has 122 valence electrons. The molecule has 2 aromatic carbocycles. The zero-order valence-electron chi connectivity index (χ0n) is 13.0. The lowest BCUT2D eigenvalue weighted by atomic mass is 9.83. The number of ether oxygens (including phenoxy) is 1. The van der Waals surface area contributed by atoms with E-state index in [1.54, 1.807) is 18.2 Å². The zero-order chi connectivity index (χ0) is 17.3. The summed E-state index contributed by atoms with van der Waals surface area (Å²) in [5.74, 6) is -2.29. The molecule has 1 aliphatic heterocycles. The third kappa shape index (κ3) is 1.41. The first-order valence-corrected chi connectivity index (χ1v) is 7.41. The van der Waals surface area contributed by atoms with Crippen LogP contribution in [0.1, 0.15) is 27.0 Å². The van der Waals surface area contributed by atoms with Crippen LogP contribution in [0.4, 0.5) is 5.69 Å². The molecular formula is C17H14N2O5. The zero-order valence-corrected chi connectivity index (χ0v) is 13.0. The molecule has 0 bridgehead atoms. The van der Waals surface area contributed by atoms with Crippen LogP contribution in [0.25, 0.3) is 0 Å². The maximum absolute atomic E-state index is 13.1. The van der Waals surface area contributed by atoms with Crippen LogP contribution in [0, 0.1) is 17.0 Å². The molecule has 2 aromatic rings. The number of nitrogens with zero attached hydrogens (tertiary/aromatic N) is 1. The van der Waals surface area contributed by atoms with E-state index in [4.69, 9.17) is 4.74 Å². The van der Waals surface area contributed by atoms with Gasteiger partial charge in [-0.3, -0.25) is 20.2 Å². The number of Topliss-reactive ketones (excluding diaryl/α,β-unsaturated/α-hetero) is 1. The first-order valence-electron chi connectivity index (χ1n) is 7.41. The second kappa shape index (κ2) is 4.40. The monoisotopic (exact) mass is 326 g/mol. The van der Waals surface area contributed by atoms with E-state index in [-0.39, 0.29) is 16.8 Å². The van der Waals surface area contributed by atoms with E-state index in [9.17, 15) is 20.0 Å². The quantitative estimate of drug-likeness (QED) is 0.644. The lowest BCUT2D eigenvalue weighted by Crippen LogP contribution is -2.57. The van der Waals surface area contributed by atoms with Crippen LogP contribution in [-0.2, 0) is 11.3 Å². The van der Waals surface area contributed by atoms with Crippen molar-refractivity contribution in [2.45, 2.75) is 18.2 Å². The molecule has 0 fully saturated rings. The van der Waals surface area contributed by atoms with Gasteiger partial charge >= 0.3 is 0 Å². The van der Waals surface area contributed by atoms with E-state index < -0.39 is 22.0 Å². The number of carbonyl (C=O) groups excluding carboxylic acids is 1. The minimum atomic E-state index is -2.17. The van der Waals surface area contributed by atoms with Gasteiger partial charge in [0.15, 0.2) is 11.3 Å². The number of hydrogen-bond donors (Lipinski definition) is 2. The van der Waals surface area contributed by atoms with Crippen molar-refractivity contribution in [1.29, 1.82) is 0 Å². The van der Waals surface area contributed by atoms with E-state index in [0.717, 1.165) is 5.56 Å². The highest BCUT2D eigenvalue weighted by molar-refractivity contribution is 6.11. The fourth-order valence-electron chi connectivity index (χ4n) is 3.81. The fraction of sp³-hybridized carbons (Fsp3) is 0.235. The van der Waals surface area contributed by atoms with Crippen LogP contribution in [0.15, 0.2) is 36.4 Å². The molecule has 7 heteroatoms. The van der Waals surface area contributed by atoms with Gasteiger partial charge in [-0.2, -0.15) is 0 Å². The van der Waals surface area contributed by atoms with Gasteiger partial charge in [-0.1, -0.05) is 24.3 Å². The molecule has 2 atom stereocenters. The van der Waals surface area contributed by atoms with Crippen LogP contribution in [0.5, 0.6) is 5.75 Å². The third-order valence-corrected chi connectivity index (χ3v) is 4.85. The number of hydrogen-bond acceptors (Lipinski definition) is 6. The number of aliphatic hydroxyl groups is 1. The van der Waals surface area contributed by atoms with E-state index >= 15 is 0 Å². The van der Waals surface area contributed by atoms with Crippen molar-refractivity contribution >= 4 is 11.5 Å². The van der Waals surface area contributed by atoms with Crippen molar-refractivity contribution in [2.24, 2.45) is 0 Å². The number of fused-ring (bicyclic) bond motifs is 5. The normalized spacial score (nSPS) is 26.5. The molecule has 24 heavy (non-hydrogen) atoms. The summed E-state index contributed by atoms with van der Waals surface area (Å²) in [4.78, 5) is 23.9. The van der Waals surface area contributed by atoms with E-state index in [2.05, 4.69) is 5.32 Å². The molecule has 0 aromatic heterocycles. The topological polar surface area (TPSA) is 102 Å². The Kier molecular flexibility index (Phi) is 2.71. The summed E-state index contributed by atoms with van der Waals surface area (Å²) >= 11 is 0. The lowest BCUT2D eigenvalue weighted by Gasteiger charge is -2.32. The summed E-state index contributed by atoms with van der Waals surface area (Å²) in [6.07, 6.45) is 0. The summed E-state index contributed by atoms with van der Waals surface area (Å²) in [6, 6.07) is 9.36. The van der Waals surface area contributed by atoms with Gasteiger partial charge in [0, 0.05) is 17.2 Å². The minimum absolute atomic E-state index is 0.0901. The number of benzene rings is 2. The van der Waals surface area contributed by atoms with E-state index in [0.29, 0.717) is 11.3 Å². The van der Waals surface area contributed by atoms with Crippen molar-refractivity contribution in [2.75, 3.05) is 7.05 Å². The largest absolute Gasteiger partial charge is 0.455 e. The maximum atomic E-state index is 13.1. The third-order valence-electron chi connectivity index (χ3n) is 4.85. The Morgan fingerprint density at radius 1 is 1.29 bits per heavy atom. The van der Waals surface area contributed by atoms with Crippen LogP contribution in [0.2, 0.25) is 0 Å². The summed E-state index contributed by atoms with van der Waals surface area (Å²) in [7, 11) is 1.53. The number of rotatable bonds is 2. The number of nitrogens with one attached hydrogen (secondary N) is 1. The molecule has 2 unspecified atom stereocenters. The summed E-state index contributed by atoms with van der Waals surface area (Å²) < 4.78 is 5.75. The van der Waals surface area contributed by atoms with Crippen molar-refractivity contribution in [1.82, 2.24) is 5.32 Å². The standard InChI is InChI=1S/C17H14N2O5/c1-9-6-7-11-13(8-9)24-17(21)14-10(15(20)16(11,17)18-2)4-3-5-12(14)19(22)23/h3-8,18,21H,1-2H3. The maximum Gasteiger partial charge on any atom is 0.280 e. The Morgan fingerprint density at radius 3 is 2.71 bits per heavy atom. The Balaban J connectivity index is 2.09. The van der Waals surface area contributed by atoms with Crippen LogP contribution in [-0.4, -0.2) is 22.9 Å². The van der Waals surface area contributed by atoms with E-state index in [1.165, 1.54) is 25.2 Å². The number of likely N-dealkylation sites (N-methyl/N-ethyl adjacent to an activating group) is 1. The average molecular weight is 326 g/mol. The van der Waals surface area contributed by atoms with Crippen LogP contribution >= 0.6 is 0 Å². The SMILES string of the molecule is CNC12C(=O)c3cccc([N+](=O)[O-])c3C1(O)Oc1cc(C)ccc12. The van der Waals surface area contributed by atoms with Crippen molar-refractivity contribution in [3.8, 4) is 5.75 Å². The van der Waals surface area contributed by atoms with Gasteiger partial charge in [0.1, 0.15) is 11.3 Å².